The first-order valence-corrected chi connectivity index (χ1v) is 15.1. The van der Waals surface area contributed by atoms with Crippen LogP contribution in [0, 0.1) is 13.8 Å². The average molecular weight is 537 g/mol. The number of aryl methyl sites for hydroxylation is 2. The van der Waals surface area contributed by atoms with Crippen LogP contribution in [-0.4, -0.2) is 22.3 Å². The zero-order valence-electron chi connectivity index (χ0n) is 23.4. The van der Waals surface area contributed by atoms with E-state index in [1.54, 1.807) is 0 Å². The molecular formula is C32H44N2O3S. The molecule has 0 aromatic heterocycles. The van der Waals surface area contributed by atoms with Gasteiger partial charge in [0.25, 0.3) is 0 Å². The summed E-state index contributed by atoms with van der Waals surface area (Å²) >= 11 is -0.743. The van der Waals surface area contributed by atoms with Crippen LogP contribution in [0.15, 0.2) is 54.6 Å². The van der Waals surface area contributed by atoms with Gasteiger partial charge in [0.1, 0.15) is 11.0 Å². The van der Waals surface area contributed by atoms with Crippen LogP contribution >= 0.6 is 0 Å². The number of anilines is 2. The zero-order chi connectivity index (χ0) is 27.5. The molecule has 0 saturated heterocycles. The highest BCUT2D eigenvalue weighted by molar-refractivity contribution is 7.91. The number of nitrogens with two attached hydrogens (primary N) is 2. The summed E-state index contributed by atoms with van der Waals surface area (Å²) in [4.78, 5) is 0. The van der Waals surface area contributed by atoms with Gasteiger partial charge >= 0.3 is 0 Å². The van der Waals surface area contributed by atoms with Crippen LogP contribution in [-0.2, 0) is 17.6 Å². The number of fused-ring (bicyclic) bond motifs is 1. The molecule has 0 saturated carbocycles. The molecule has 5 nitrogen and oxygen atoms in total. The van der Waals surface area contributed by atoms with Crippen molar-refractivity contribution in [2.75, 3.05) is 24.0 Å². The van der Waals surface area contributed by atoms with Gasteiger partial charge in [-0.25, -0.2) is 0 Å². The lowest BCUT2D eigenvalue weighted by Gasteiger charge is -2.18. The summed E-state index contributed by atoms with van der Waals surface area (Å²) in [6, 6.07) is 18.0. The Hall–Kier alpha value is -2.83. The van der Waals surface area contributed by atoms with Crippen molar-refractivity contribution in [1.29, 1.82) is 0 Å². The van der Waals surface area contributed by atoms with Crippen LogP contribution in [0.5, 0.6) is 11.5 Å². The minimum atomic E-state index is -0.743. The fourth-order valence-corrected chi connectivity index (χ4v) is 5.97. The maximum Gasteiger partial charge on any atom is 0.231 e. The molecule has 0 aliphatic carbocycles. The lowest BCUT2D eigenvalue weighted by Crippen LogP contribution is -2.23. The van der Waals surface area contributed by atoms with Crippen LogP contribution in [0.4, 0.5) is 11.4 Å². The standard InChI is InChI=1S/C18H28O3S.C14H16N2/c1-3-4-5-6-7-8-11-22(19)15(2)12-16-9-10-17-18(13-16)21-14-20-17;1-9-5-11(8-13(16)6-9)14-4-3-12(15)7-10(14)2/h9-10,13,15H,3-8,11-12,14H2,1-2H3;3-8H,15-16H2,1-2H3. The van der Waals surface area contributed by atoms with Gasteiger partial charge in [0.05, 0.1) is 0 Å². The summed E-state index contributed by atoms with van der Waals surface area (Å²) in [7, 11) is 0. The Labute approximate surface area is 232 Å². The van der Waals surface area contributed by atoms with Crippen molar-refractivity contribution in [3.05, 3.63) is 71.3 Å². The first kappa shape index (κ1) is 29.7. The number of benzene rings is 3. The molecule has 0 amide bonds. The van der Waals surface area contributed by atoms with Crippen molar-refractivity contribution in [3.63, 3.8) is 0 Å². The summed E-state index contributed by atoms with van der Waals surface area (Å²) < 4.78 is 23.0. The fraction of sp³-hybridized carbons (Fsp3) is 0.438. The molecule has 1 aliphatic heterocycles. The molecular weight excluding hydrogens is 492 g/mol. The highest BCUT2D eigenvalue weighted by Crippen LogP contribution is 2.33. The van der Waals surface area contributed by atoms with E-state index < -0.39 is 11.2 Å². The average Bonchev–Trinajstić information content (AvgIpc) is 3.34. The maximum atomic E-state index is 12.3. The molecule has 3 aromatic rings. The third-order valence-corrected chi connectivity index (χ3v) is 8.52. The summed E-state index contributed by atoms with van der Waals surface area (Å²) in [6.07, 6.45) is 8.32. The van der Waals surface area contributed by atoms with E-state index in [1.165, 1.54) is 54.4 Å². The van der Waals surface area contributed by atoms with Crippen molar-refractivity contribution in [2.45, 2.75) is 77.9 Å². The van der Waals surface area contributed by atoms with Gasteiger partial charge in [-0.15, -0.1) is 0 Å². The maximum absolute atomic E-state index is 12.3. The molecule has 0 spiro atoms. The summed E-state index contributed by atoms with van der Waals surface area (Å²) in [5.41, 5.74) is 19.0. The largest absolute Gasteiger partial charge is 0.616 e. The number of unbranched alkanes of at least 4 members (excludes halogenated alkanes) is 5. The smallest absolute Gasteiger partial charge is 0.231 e. The molecule has 2 atom stereocenters. The van der Waals surface area contributed by atoms with E-state index in [0.29, 0.717) is 6.79 Å². The van der Waals surface area contributed by atoms with Gasteiger partial charge in [0.15, 0.2) is 11.5 Å². The number of rotatable bonds is 11. The predicted molar refractivity (Wildman–Crippen MR) is 162 cm³/mol. The second-order valence-electron chi connectivity index (χ2n) is 10.3. The number of ether oxygens (including phenoxy) is 2. The first-order chi connectivity index (χ1) is 18.3. The molecule has 4 rings (SSSR count). The Morgan fingerprint density at radius 2 is 1.58 bits per heavy atom. The topological polar surface area (TPSA) is 93.6 Å². The monoisotopic (exact) mass is 536 g/mol. The van der Waals surface area contributed by atoms with Crippen LogP contribution in [0.3, 0.4) is 0 Å². The zero-order valence-corrected chi connectivity index (χ0v) is 24.2. The molecule has 0 radical (unpaired) electrons. The van der Waals surface area contributed by atoms with Crippen molar-refractivity contribution in [3.8, 4) is 22.6 Å². The lowest BCUT2D eigenvalue weighted by atomic mass is 9.98. The van der Waals surface area contributed by atoms with Crippen LogP contribution in [0.2, 0.25) is 0 Å². The Kier molecular flexibility index (Phi) is 11.7. The molecule has 38 heavy (non-hydrogen) atoms. The molecule has 0 fully saturated rings. The van der Waals surface area contributed by atoms with Crippen molar-refractivity contribution in [2.24, 2.45) is 0 Å². The van der Waals surface area contributed by atoms with E-state index in [9.17, 15) is 4.55 Å². The Bertz CT molecular complexity index is 1150. The Balaban J connectivity index is 0.000000221. The predicted octanol–water partition coefficient (Wildman–Crippen LogP) is 7.59. The van der Waals surface area contributed by atoms with Gasteiger partial charge in [0.2, 0.25) is 6.79 Å². The Morgan fingerprint density at radius 3 is 2.32 bits per heavy atom. The van der Waals surface area contributed by atoms with Gasteiger partial charge in [-0.2, -0.15) is 0 Å². The van der Waals surface area contributed by atoms with Crippen LogP contribution in [0.25, 0.3) is 11.1 Å². The summed E-state index contributed by atoms with van der Waals surface area (Å²) in [6.45, 7) is 8.72. The van der Waals surface area contributed by atoms with Crippen molar-refractivity contribution in [1.82, 2.24) is 0 Å². The second kappa shape index (κ2) is 14.9. The number of hydrogen-bond acceptors (Lipinski definition) is 5. The number of hydrogen-bond donors (Lipinski definition) is 2. The van der Waals surface area contributed by atoms with E-state index in [1.807, 2.05) is 55.5 Å². The third kappa shape index (κ3) is 9.17. The highest BCUT2D eigenvalue weighted by Gasteiger charge is 2.19. The molecule has 206 valence electrons. The molecule has 0 bridgehead atoms. The number of nitrogen functional groups attached to an aromatic ring is 2. The SMILES string of the molecule is CCCCCCCC[S+]([O-])C(C)Cc1ccc2c(c1)OCO2.Cc1cc(N)cc(-c2ccc(N)cc2C)c1. The molecule has 4 N–H and O–H groups in total. The molecule has 1 aliphatic rings. The van der Waals surface area contributed by atoms with E-state index in [0.717, 1.165) is 47.0 Å². The molecule has 1 heterocycles. The van der Waals surface area contributed by atoms with Gasteiger partial charge in [0, 0.05) is 17.8 Å². The van der Waals surface area contributed by atoms with E-state index in [2.05, 4.69) is 26.8 Å². The molecule has 2 unspecified atom stereocenters. The van der Waals surface area contributed by atoms with E-state index in [-0.39, 0.29) is 5.25 Å². The van der Waals surface area contributed by atoms with Gasteiger partial charge in [-0.3, -0.25) is 0 Å². The fourth-order valence-electron chi connectivity index (χ4n) is 4.70. The van der Waals surface area contributed by atoms with E-state index in [4.69, 9.17) is 20.9 Å². The molecule has 3 aromatic carbocycles. The Morgan fingerprint density at radius 1 is 0.842 bits per heavy atom. The summed E-state index contributed by atoms with van der Waals surface area (Å²) in [5.74, 6) is 2.45. The van der Waals surface area contributed by atoms with Gasteiger partial charge in [-0.05, 0) is 97.8 Å². The summed E-state index contributed by atoms with van der Waals surface area (Å²) in [5, 5.41) is 0.191. The quantitative estimate of drug-likeness (QED) is 0.150. The normalized spacial score (nSPS) is 13.5. The lowest BCUT2D eigenvalue weighted by molar-refractivity contribution is 0.174. The minimum absolute atomic E-state index is 0.191. The van der Waals surface area contributed by atoms with Gasteiger partial charge in [-0.1, -0.05) is 62.0 Å². The third-order valence-electron chi connectivity index (χ3n) is 6.77. The van der Waals surface area contributed by atoms with Gasteiger partial charge < -0.3 is 25.5 Å². The van der Waals surface area contributed by atoms with Crippen LogP contribution < -0.4 is 20.9 Å². The minimum Gasteiger partial charge on any atom is -0.616 e. The second-order valence-corrected chi connectivity index (χ2v) is 12.2. The first-order valence-electron chi connectivity index (χ1n) is 13.8. The van der Waals surface area contributed by atoms with Crippen molar-refractivity contribution < 1.29 is 14.0 Å². The molecule has 6 heteroatoms. The van der Waals surface area contributed by atoms with Crippen LogP contribution in [0.1, 0.15) is 69.1 Å². The highest BCUT2D eigenvalue weighted by atomic mass is 32.2. The van der Waals surface area contributed by atoms with Crippen molar-refractivity contribution >= 4 is 22.6 Å². The van der Waals surface area contributed by atoms with E-state index >= 15 is 0 Å².